The average molecular weight is 330 g/mol. The molecule has 1 saturated heterocycles. The second-order valence-corrected chi connectivity index (χ2v) is 6.97. The number of rotatable bonds is 6. The van der Waals surface area contributed by atoms with Crippen LogP contribution in [0.25, 0.3) is 0 Å². The van der Waals surface area contributed by atoms with E-state index in [9.17, 15) is 14.7 Å². The van der Waals surface area contributed by atoms with Crippen LogP contribution in [0.5, 0.6) is 0 Å². The first kappa shape index (κ1) is 17.0. The van der Waals surface area contributed by atoms with E-state index in [4.69, 9.17) is 0 Å². The van der Waals surface area contributed by atoms with Gasteiger partial charge in [0.1, 0.15) is 11.6 Å². The van der Waals surface area contributed by atoms with E-state index in [0.29, 0.717) is 32.4 Å². The van der Waals surface area contributed by atoms with E-state index in [1.54, 1.807) is 0 Å². The molecule has 1 aromatic rings. The second-order valence-electron chi connectivity index (χ2n) is 6.97. The molecule has 130 valence electrons. The lowest BCUT2D eigenvalue weighted by atomic mass is 10.0. The maximum Gasteiger partial charge on any atom is 0.252 e. The molecule has 0 bridgehead atoms. The van der Waals surface area contributed by atoms with Crippen LogP contribution in [0.15, 0.2) is 30.3 Å². The number of likely N-dealkylation sites (tertiary alicyclic amines) is 1. The van der Waals surface area contributed by atoms with Crippen molar-refractivity contribution in [2.45, 2.75) is 56.6 Å². The fraction of sp³-hybridized carbons (Fsp3) is 0.579. The molecule has 1 saturated carbocycles. The number of carbonyl (C=O) groups is 2. The van der Waals surface area contributed by atoms with Crippen LogP contribution in [-0.2, 0) is 16.0 Å². The molecule has 1 aliphatic carbocycles. The topological polar surface area (TPSA) is 69.6 Å². The van der Waals surface area contributed by atoms with E-state index < -0.39 is 11.6 Å². The predicted octanol–water partition coefficient (Wildman–Crippen LogP) is 1.64. The molecular formula is C19H26N2O3. The molecule has 1 aliphatic heterocycles. The molecular weight excluding hydrogens is 304 g/mol. The molecule has 1 heterocycles. The lowest BCUT2D eigenvalue weighted by Crippen LogP contribution is -2.51. The number of hydrogen-bond acceptors (Lipinski definition) is 3. The summed E-state index contributed by atoms with van der Waals surface area (Å²) in [6.45, 7) is 1.39. The Morgan fingerprint density at radius 3 is 2.67 bits per heavy atom. The highest BCUT2D eigenvalue weighted by molar-refractivity contribution is 5.92. The van der Waals surface area contributed by atoms with E-state index in [2.05, 4.69) is 17.4 Å². The zero-order valence-corrected chi connectivity index (χ0v) is 14.0. The molecule has 2 amide bonds. The third kappa shape index (κ3) is 3.78. The van der Waals surface area contributed by atoms with Crippen molar-refractivity contribution < 1.29 is 14.7 Å². The minimum absolute atomic E-state index is 0.0157. The zero-order valence-electron chi connectivity index (χ0n) is 14.0. The summed E-state index contributed by atoms with van der Waals surface area (Å²) in [7, 11) is 0. The van der Waals surface area contributed by atoms with Gasteiger partial charge in [0.25, 0.3) is 5.91 Å². The highest BCUT2D eigenvalue weighted by Crippen LogP contribution is 2.30. The van der Waals surface area contributed by atoms with Crippen molar-refractivity contribution in [1.29, 1.82) is 0 Å². The number of nitrogens with zero attached hydrogens (tertiary/aromatic N) is 1. The smallest absolute Gasteiger partial charge is 0.252 e. The van der Waals surface area contributed by atoms with Crippen molar-refractivity contribution in [3.63, 3.8) is 0 Å². The van der Waals surface area contributed by atoms with E-state index in [-0.39, 0.29) is 11.8 Å². The first-order valence-electron chi connectivity index (χ1n) is 8.94. The molecule has 1 atom stereocenters. The molecule has 0 radical (unpaired) electrons. The molecule has 0 spiro atoms. The number of aryl methyl sites for hydroxylation is 1. The lowest BCUT2D eigenvalue weighted by molar-refractivity contribution is -0.142. The fourth-order valence-electron chi connectivity index (χ4n) is 3.69. The van der Waals surface area contributed by atoms with E-state index in [1.165, 1.54) is 5.56 Å². The van der Waals surface area contributed by atoms with Crippen molar-refractivity contribution in [3.05, 3.63) is 35.9 Å². The first-order chi connectivity index (χ1) is 11.6. The molecule has 2 N–H and O–H groups in total. The Hall–Kier alpha value is -1.88. The summed E-state index contributed by atoms with van der Waals surface area (Å²) in [6.07, 6.45) is 5.23. The molecule has 2 fully saturated rings. The Kier molecular flexibility index (Phi) is 5.19. The molecule has 1 unspecified atom stereocenters. The summed E-state index contributed by atoms with van der Waals surface area (Å²) < 4.78 is 0. The first-order valence-corrected chi connectivity index (χ1v) is 8.94. The fourth-order valence-corrected chi connectivity index (χ4v) is 3.69. The quantitative estimate of drug-likeness (QED) is 0.833. The van der Waals surface area contributed by atoms with Gasteiger partial charge in [-0.05, 0) is 50.5 Å². The van der Waals surface area contributed by atoms with Crippen LogP contribution < -0.4 is 5.32 Å². The van der Waals surface area contributed by atoms with E-state index in [1.807, 2.05) is 23.1 Å². The summed E-state index contributed by atoms with van der Waals surface area (Å²) in [4.78, 5) is 26.5. The van der Waals surface area contributed by atoms with Gasteiger partial charge in [0.05, 0.1) is 0 Å². The largest absolute Gasteiger partial charge is 0.380 e. The summed E-state index contributed by atoms with van der Waals surface area (Å²) in [5.74, 6) is -0.387. The van der Waals surface area contributed by atoms with Crippen LogP contribution >= 0.6 is 0 Å². The van der Waals surface area contributed by atoms with Gasteiger partial charge >= 0.3 is 0 Å². The molecule has 5 heteroatoms. The van der Waals surface area contributed by atoms with Gasteiger partial charge in [-0.2, -0.15) is 0 Å². The minimum atomic E-state index is -1.26. The van der Waals surface area contributed by atoms with Crippen molar-refractivity contribution >= 4 is 11.8 Å². The van der Waals surface area contributed by atoms with Gasteiger partial charge in [-0.15, -0.1) is 0 Å². The molecule has 1 aromatic carbocycles. The number of aliphatic hydroxyl groups is 1. The predicted molar refractivity (Wildman–Crippen MR) is 91.3 cm³/mol. The summed E-state index contributed by atoms with van der Waals surface area (Å²) in [5.41, 5.74) is 0.0125. The van der Waals surface area contributed by atoms with E-state index >= 15 is 0 Å². The Morgan fingerprint density at radius 2 is 1.96 bits per heavy atom. The zero-order chi connectivity index (χ0) is 17.0. The molecule has 3 rings (SSSR count). The van der Waals surface area contributed by atoms with E-state index in [0.717, 1.165) is 25.7 Å². The number of nitrogens with one attached hydrogen (secondary N) is 1. The molecule has 2 aliphatic rings. The van der Waals surface area contributed by atoms with Crippen LogP contribution in [0.1, 0.15) is 44.1 Å². The molecule has 24 heavy (non-hydrogen) atoms. The van der Waals surface area contributed by atoms with Crippen LogP contribution in [0.4, 0.5) is 0 Å². The monoisotopic (exact) mass is 330 g/mol. The normalized spacial score (nSPS) is 22.8. The Morgan fingerprint density at radius 1 is 1.25 bits per heavy atom. The van der Waals surface area contributed by atoms with Gasteiger partial charge in [-0.1, -0.05) is 30.3 Å². The Bertz CT molecular complexity index is 582. The highest BCUT2D eigenvalue weighted by Gasteiger charge is 2.42. The highest BCUT2D eigenvalue weighted by atomic mass is 16.3. The Balaban J connectivity index is 1.45. The molecule has 0 aromatic heterocycles. The number of benzene rings is 1. The van der Waals surface area contributed by atoms with Gasteiger partial charge in [0.2, 0.25) is 5.91 Å². The van der Waals surface area contributed by atoms with Gasteiger partial charge in [0.15, 0.2) is 0 Å². The van der Waals surface area contributed by atoms with Crippen molar-refractivity contribution in [2.75, 3.05) is 13.1 Å². The van der Waals surface area contributed by atoms with Crippen molar-refractivity contribution in [1.82, 2.24) is 10.2 Å². The standard InChI is InChI=1S/C19H26N2O3/c22-17-16(20-18(23)19(24)11-4-5-12-19)10-14-21(17)13-6-9-15-7-2-1-3-8-15/h1-3,7-8,16,24H,4-6,9-14H2,(H,20,23). The summed E-state index contributed by atoms with van der Waals surface area (Å²) >= 11 is 0. The molecule has 5 nitrogen and oxygen atoms in total. The third-order valence-electron chi connectivity index (χ3n) is 5.19. The number of hydrogen-bond donors (Lipinski definition) is 2. The van der Waals surface area contributed by atoms with Gasteiger partial charge < -0.3 is 15.3 Å². The number of amides is 2. The minimum Gasteiger partial charge on any atom is -0.380 e. The maximum atomic E-state index is 12.4. The van der Waals surface area contributed by atoms with Crippen LogP contribution in [0, 0.1) is 0 Å². The van der Waals surface area contributed by atoms with Crippen LogP contribution in [-0.4, -0.2) is 46.6 Å². The number of carbonyl (C=O) groups excluding carboxylic acids is 2. The van der Waals surface area contributed by atoms with Gasteiger partial charge in [-0.25, -0.2) is 0 Å². The van der Waals surface area contributed by atoms with Crippen LogP contribution in [0.3, 0.4) is 0 Å². The summed E-state index contributed by atoms with van der Waals surface area (Å²) in [5, 5.41) is 13.1. The van der Waals surface area contributed by atoms with Crippen molar-refractivity contribution in [2.24, 2.45) is 0 Å². The third-order valence-corrected chi connectivity index (χ3v) is 5.19. The summed E-state index contributed by atoms with van der Waals surface area (Å²) in [6, 6.07) is 9.76. The second kappa shape index (κ2) is 7.34. The van der Waals surface area contributed by atoms with Crippen molar-refractivity contribution in [3.8, 4) is 0 Å². The van der Waals surface area contributed by atoms with Crippen LogP contribution in [0.2, 0.25) is 0 Å². The van der Waals surface area contributed by atoms with Gasteiger partial charge in [0, 0.05) is 13.1 Å². The Labute approximate surface area is 143 Å². The lowest BCUT2D eigenvalue weighted by Gasteiger charge is -2.23. The SMILES string of the molecule is O=C1C(NC(=O)C2(O)CCCC2)CCN1CCCc1ccccc1. The average Bonchev–Trinajstić information content (AvgIpc) is 3.18. The van der Waals surface area contributed by atoms with Gasteiger partial charge in [-0.3, -0.25) is 9.59 Å². The maximum absolute atomic E-state index is 12.4.